The molecule has 0 bridgehead atoms. The Hall–Kier alpha value is -0.870. The summed E-state index contributed by atoms with van der Waals surface area (Å²) < 4.78 is 6.42. The van der Waals surface area contributed by atoms with Gasteiger partial charge in [-0.25, -0.2) is 0 Å². The van der Waals surface area contributed by atoms with E-state index in [1.54, 1.807) is 14.2 Å². The molecule has 1 aromatic rings. The van der Waals surface area contributed by atoms with Crippen molar-refractivity contribution in [2.75, 3.05) is 7.11 Å². The summed E-state index contributed by atoms with van der Waals surface area (Å²) in [6, 6.07) is 0. The zero-order valence-corrected chi connectivity index (χ0v) is 7.63. The van der Waals surface area contributed by atoms with Crippen molar-refractivity contribution in [2.24, 2.45) is 7.05 Å². The number of carbonyl (C=O) groups excluding carboxylic acids is 1. The summed E-state index contributed by atoms with van der Waals surface area (Å²) in [4.78, 5) is 10.4. The summed E-state index contributed by atoms with van der Waals surface area (Å²) in [5.74, 6) is 0. The molecule has 4 nitrogen and oxygen atoms in total. The van der Waals surface area contributed by atoms with Gasteiger partial charge in [-0.3, -0.25) is 9.48 Å². The van der Waals surface area contributed by atoms with Crippen LogP contribution in [0, 0.1) is 0 Å². The first kappa shape index (κ1) is 9.22. The Bertz CT molecular complexity index is 296. The van der Waals surface area contributed by atoms with Gasteiger partial charge < -0.3 is 4.74 Å². The van der Waals surface area contributed by atoms with Crippen LogP contribution in [0.2, 0.25) is 5.02 Å². The number of nitrogens with zero attached hydrogens (tertiary/aromatic N) is 2. The van der Waals surface area contributed by atoms with Gasteiger partial charge in [0.05, 0.1) is 17.3 Å². The molecule has 1 rings (SSSR count). The molecule has 0 aliphatic heterocycles. The van der Waals surface area contributed by atoms with Crippen molar-refractivity contribution in [3.8, 4) is 0 Å². The van der Waals surface area contributed by atoms with Crippen LogP contribution in [0.3, 0.4) is 0 Å². The number of aldehydes is 1. The van der Waals surface area contributed by atoms with Gasteiger partial charge in [-0.15, -0.1) is 0 Å². The summed E-state index contributed by atoms with van der Waals surface area (Å²) in [7, 11) is 3.27. The van der Waals surface area contributed by atoms with Crippen molar-refractivity contribution in [3.05, 3.63) is 16.4 Å². The predicted molar refractivity (Wildman–Crippen MR) is 44.3 cm³/mol. The molecule has 0 amide bonds. The normalized spacial score (nSPS) is 10.2. The first-order chi connectivity index (χ1) is 5.70. The molecular weight excluding hydrogens is 180 g/mol. The number of hydrogen-bond acceptors (Lipinski definition) is 3. The molecule has 0 atom stereocenters. The third-order valence-corrected chi connectivity index (χ3v) is 1.93. The van der Waals surface area contributed by atoms with E-state index in [0.29, 0.717) is 23.6 Å². The molecule has 0 N–H and O–H groups in total. The standard InChI is InChI=1S/C7H9ClN2O2/c1-10-6(4-12-2)7(8)5(3-11)9-10/h3H,4H2,1-2H3. The van der Waals surface area contributed by atoms with Crippen LogP contribution in [0.15, 0.2) is 0 Å². The first-order valence-electron chi connectivity index (χ1n) is 3.36. The van der Waals surface area contributed by atoms with E-state index in [9.17, 15) is 4.79 Å². The second-order valence-corrected chi connectivity index (χ2v) is 2.70. The van der Waals surface area contributed by atoms with Gasteiger partial charge in [0, 0.05) is 14.2 Å². The van der Waals surface area contributed by atoms with Crippen LogP contribution in [0.25, 0.3) is 0 Å². The number of ether oxygens (including phenoxy) is 1. The van der Waals surface area contributed by atoms with Crippen molar-refractivity contribution in [3.63, 3.8) is 0 Å². The lowest BCUT2D eigenvalue weighted by atomic mass is 10.4. The highest BCUT2D eigenvalue weighted by Crippen LogP contribution is 2.19. The van der Waals surface area contributed by atoms with Crippen LogP contribution in [0.5, 0.6) is 0 Å². The van der Waals surface area contributed by atoms with Crippen LogP contribution in [0.1, 0.15) is 16.2 Å². The fourth-order valence-electron chi connectivity index (χ4n) is 0.925. The van der Waals surface area contributed by atoms with Crippen LogP contribution in [-0.4, -0.2) is 23.2 Å². The maximum absolute atomic E-state index is 10.4. The topological polar surface area (TPSA) is 44.1 Å². The molecule has 1 heterocycles. The molecule has 1 aromatic heterocycles. The van der Waals surface area contributed by atoms with Gasteiger partial charge in [0.25, 0.3) is 0 Å². The maximum atomic E-state index is 10.4. The SMILES string of the molecule is COCc1c(Cl)c(C=O)nn1C. The summed E-state index contributed by atoms with van der Waals surface area (Å²) in [6.07, 6.45) is 0.626. The van der Waals surface area contributed by atoms with Gasteiger partial charge in [0.2, 0.25) is 0 Å². The molecule has 0 fully saturated rings. The van der Waals surface area contributed by atoms with Crippen molar-refractivity contribution in [1.82, 2.24) is 9.78 Å². The lowest BCUT2D eigenvalue weighted by molar-refractivity contribution is 0.111. The second-order valence-electron chi connectivity index (χ2n) is 2.32. The molecule has 5 heteroatoms. The quantitative estimate of drug-likeness (QED) is 0.666. The number of aromatic nitrogens is 2. The number of hydrogen-bond donors (Lipinski definition) is 0. The van der Waals surface area contributed by atoms with Crippen molar-refractivity contribution in [2.45, 2.75) is 6.61 Å². The number of methoxy groups -OCH3 is 1. The molecule has 0 saturated heterocycles. The molecule has 0 spiro atoms. The van der Waals surface area contributed by atoms with E-state index >= 15 is 0 Å². The molecule has 0 unspecified atom stereocenters. The van der Waals surface area contributed by atoms with Crippen LogP contribution >= 0.6 is 11.6 Å². The third kappa shape index (κ3) is 1.49. The Labute approximate surface area is 75.1 Å². The van der Waals surface area contributed by atoms with Crippen molar-refractivity contribution >= 4 is 17.9 Å². The molecular formula is C7H9ClN2O2. The molecule has 66 valence electrons. The Morgan fingerprint density at radius 2 is 2.42 bits per heavy atom. The Balaban J connectivity index is 3.09. The average Bonchev–Trinajstić information content (AvgIpc) is 2.32. The Morgan fingerprint density at radius 3 is 2.83 bits per heavy atom. The van der Waals surface area contributed by atoms with E-state index in [1.807, 2.05) is 0 Å². The van der Waals surface area contributed by atoms with Gasteiger partial charge in [-0.05, 0) is 0 Å². The van der Waals surface area contributed by atoms with Crippen molar-refractivity contribution < 1.29 is 9.53 Å². The summed E-state index contributed by atoms with van der Waals surface area (Å²) in [6.45, 7) is 0.357. The number of halogens is 1. The maximum Gasteiger partial charge on any atom is 0.171 e. The second kappa shape index (κ2) is 3.69. The highest BCUT2D eigenvalue weighted by atomic mass is 35.5. The Kier molecular flexibility index (Phi) is 2.83. The molecule has 0 saturated carbocycles. The smallest absolute Gasteiger partial charge is 0.171 e. The van der Waals surface area contributed by atoms with Gasteiger partial charge in [0.15, 0.2) is 6.29 Å². The van der Waals surface area contributed by atoms with Gasteiger partial charge in [-0.2, -0.15) is 5.10 Å². The van der Waals surface area contributed by atoms with Crippen LogP contribution in [0.4, 0.5) is 0 Å². The molecule has 12 heavy (non-hydrogen) atoms. The number of aryl methyl sites for hydroxylation is 1. The van der Waals surface area contributed by atoms with Gasteiger partial charge in [-0.1, -0.05) is 11.6 Å². The number of carbonyl (C=O) groups is 1. The van der Waals surface area contributed by atoms with Crippen molar-refractivity contribution in [1.29, 1.82) is 0 Å². The van der Waals surface area contributed by atoms with E-state index in [2.05, 4.69) is 5.10 Å². The van der Waals surface area contributed by atoms with Gasteiger partial charge in [0.1, 0.15) is 5.69 Å². The Morgan fingerprint density at radius 1 is 1.75 bits per heavy atom. The molecule has 0 aliphatic rings. The summed E-state index contributed by atoms with van der Waals surface area (Å²) in [5.41, 5.74) is 0.965. The molecule has 0 radical (unpaired) electrons. The van der Waals surface area contributed by atoms with E-state index in [-0.39, 0.29) is 5.69 Å². The fraction of sp³-hybridized carbons (Fsp3) is 0.429. The third-order valence-electron chi connectivity index (χ3n) is 1.52. The lowest BCUT2D eigenvalue weighted by Gasteiger charge is -1.98. The molecule has 0 aliphatic carbocycles. The zero-order chi connectivity index (χ0) is 9.14. The monoisotopic (exact) mass is 188 g/mol. The molecule has 0 aromatic carbocycles. The largest absolute Gasteiger partial charge is 0.378 e. The minimum atomic E-state index is 0.256. The minimum absolute atomic E-state index is 0.256. The summed E-state index contributed by atoms with van der Waals surface area (Å²) >= 11 is 5.81. The lowest BCUT2D eigenvalue weighted by Crippen LogP contribution is -1.99. The highest BCUT2D eigenvalue weighted by Gasteiger charge is 2.12. The first-order valence-corrected chi connectivity index (χ1v) is 3.74. The van der Waals surface area contributed by atoms with E-state index in [4.69, 9.17) is 16.3 Å². The van der Waals surface area contributed by atoms with Gasteiger partial charge >= 0.3 is 0 Å². The van der Waals surface area contributed by atoms with Crippen LogP contribution in [-0.2, 0) is 18.4 Å². The van der Waals surface area contributed by atoms with E-state index in [1.165, 1.54) is 4.68 Å². The summed E-state index contributed by atoms with van der Waals surface area (Å²) in [5, 5.41) is 4.25. The fourth-order valence-corrected chi connectivity index (χ4v) is 1.18. The zero-order valence-electron chi connectivity index (χ0n) is 6.87. The number of rotatable bonds is 3. The average molecular weight is 189 g/mol. The predicted octanol–water partition coefficient (Wildman–Crippen LogP) is 1.03. The van der Waals surface area contributed by atoms with Crippen LogP contribution < -0.4 is 0 Å². The van der Waals surface area contributed by atoms with E-state index < -0.39 is 0 Å². The highest BCUT2D eigenvalue weighted by molar-refractivity contribution is 6.33. The van der Waals surface area contributed by atoms with E-state index in [0.717, 1.165) is 0 Å². The minimum Gasteiger partial charge on any atom is -0.378 e.